The fourth-order valence-corrected chi connectivity index (χ4v) is 5.15. The molecule has 98 valence electrons. The number of carbonyl (C=O) groups excluding carboxylic acids is 1. The van der Waals surface area contributed by atoms with Gasteiger partial charge in [0.05, 0.1) is 4.88 Å². The number of hydrogen-bond donors (Lipinski definition) is 1. The Morgan fingerprint density at radius 2 is 2.06 bits per heavy atom. The predicted molar refractivity (Wildman–Crippen MR) is 78.2 cm³/mol. The zero-order valence-electron chi connectivity index (χ0n) is 10.7. The van der Waals surface area contributed by atoms with Crippen molar-refractivity contribution in [3.05, 3.63) is 21.4 Å². The average molecular weight is 281 g/mol. The molecule has 1 N–H and O–H groups in total. The van der Waals surface area contributed by atoms with Crippen LogP contribution in [0.3, 0.4) is 0 Å². The highest BCUT2D eigenvalue weighted by molar-refractivity contribution is 7.98. The molecule has 0 unspecified atom stereocenters. The van der Waals surface area contributed by atoms with Crippen LogP contribution in [0, 0.1) is 5.92 Å². The molecule has 1 aromatic heterocycles. The summed E-state index contributed by atoms with van der Waals surface area (Å²) in [5, 5.41) is 3.21. The first-order chi connectivity index (χ1) is 8.72. The summed E-state index contributed by atoms with van der Waals surface area (Å²) in [7, 11) is 0. The van der Waals surface area contributed by atoms with Crippen LogP contribution in [-0.4, -0.2) is 11.9 Å². The Labute approximate surface area is 117 Å². The Hall–Kier alpha value is -0.480. The summed E-state index contributed by atoms with van der Waals surface area (Å²) in [6.07, 6.45) is 4.80. The van der Waals surface area contributed by atoms with Crippen LogP contribution in [0.25, 0.3) is 0 Å². The number of carbonyl (C=O) groups is 1. The highest BCUT2D eigenvalue weighted by Crippen LogP contribution is 2.36. The number of amides is 1. The molecule has 4 heteroatoms. The minimum absolute atomic E-state index is 0.152. The van der Waals surface area contributed by atoms with Crippen LogP contribution in [0.1, 0.15) is 52.7 Å². The summed E-state index contributed by atoms with van der Waals surface area (Å²) in [4.78, 5) is 14.5. The van der Waals surface area contributed by atoms with Gasteiger partial charge in [-0.1, -0.05) is 6.92 Å². The largest absolute Gasteiger partial charge is 0.349 e. The lowest BCUT2D eigenvalue weighted by Crippen LogP contribution is -2.36. The number of thioether (sulfide) groups is 1. The first kappa shape index (κ1) is 12.5. The van der Waals surface area contributed by atoms with E-state index in [1.807, 2.05) is 11.8 Å². The molecule has 1 aliphatic carbocycles. The van der Waals surface area contributed by atoms with Gasteiger partial charge >= 0.3 is 0 Å². The van der Waals surface area contributed by atoms with E-state index in [0.29, 0.717) is 6.04 Å². The van der Waals surface area contributed by atoms with E-state index >= 15 is 0 Å². The SMILES string of the molecule is CC1CCC(NC(=O)c2cc3c(s2)CSC3)CC1. The van der Waals surface area contributed by atoms with Crippen molar-refractivity contribution >= 4 is 29.0 Å². The Morgan fingerprint density at radius 1 is 1.28 bits per heavy atom. The van der Waals surface area contributed by atoms with E-state index in [2.05, 4.69) is 18.3 Å². The normalized spacial score (nSPS) is 26.9. The van der Waals surface area contributed by atoms with Crippen LogP contribution >= 0.6 is 23.1 Å². The predicted octanol–water partition coefficient (Wildman–Crippen LogP) is 3.80. The monoisotopic (exact) mass is 281 g/mol. The van der Waals surface area contributed by atoms with Crippen molar-refractivity contribution in [1.29, 1.82) is 0 Å². The first-order valence-corrected chi connectivity index (χ1v) is 8.69. The molecule has 2 aliphatic rings. The van der Waals surface area contributed by atoms with Gasteiger partial charge in [-0.15, -0.1) is 11.3 Å². The molecule has 0 saturated heterocycles. The van der Waals surface area contributed by atoms with Crippen LogP contribution in [0.2, 0.25) is 0 Å². The van der Waals surface area contributed by atoms with Crippen molar-refractivity contribution in [2.75, 3.05) is 0 Å². The van der Waals surface area contributed by atoms with Gasteiger partial charge in [0, 0.05) is 22.4 Å². The van der Waals surface area contributed by atoms with E-state index in [4.69, 9.17) is 0 Å². The van der Waals surface area contributed by atoms with Gasteiger partial charge in [0.25, 0.3) is 5.91 Å². The Morgan fingerprint density at radius 3 is 2.78 bits per heavy atom. The summed E-state index contributed by atoms with van der Waals surface area (Å²) < 4.78 is 0. The number of thiophene rings is 1. The maximum absolute atomic E-state index is 12.2. The standard InChI is InChI=1S/C14H19NOS2/c1-9-2-4-11(5-3-9)15-14(16)12-6-10-7-17-8-13(10)18-12/h6,9,11H,2-5,7-8H2,1H3,(H,15,16). The van der Waals surface area contributed by atoms with Gasteiger partial charge in [0.2, 0.25) is 0 Å². The highest BCUT2D eigenvalue weighted by Gasteiger charge is 2.23. The summed E-state index contributed by atoms with van der Waals surface area (Å²) in [6, 6.07) is 2.50. The van der Waals surface area contributed by atoms with Crippen molar-refractivity contribution in [2.24, 2.45) is 5.92 Å². The molecule has 18 heavy (non-hydrogen) atoms. The van der Waals surface area contributed by atoms with Crippen molar-refractivity contribution < 1.29 is 4.79 Å². The van der Waals surface area contributed by atoms with Gasteiger partial charge in [-0.05, 0) is 43.2 Å². The number of nitrogens with one attached hydrogen (secondary N) is 1. The van der Waals surface area contributed by atoms with Gasteiger partial charge in [-0.3, -0.25) is 4.79 Å². The second kappa shape index (κ2) is 5.25. The summed E-state index contributed by atoms with van der Waals surface area (Å²) in [5.41, 5.74) is 1.38. The number of hydrogen-bond acceptors (Lipinski definition) is 3. The lowest BCUT2D eigenvalue weighted by molar-refractivity contribution is 0.0927. The fraction of sp³-hybridized carbons (Fsp3) is 0.643. The third-order valence-corrected chi connectivity index (χ3v) is 6.33. The molecule has 0 spiro atoms. The molecule has 1 saturated carbocycles. The molecular weight excluding hydrogens is 262 g/mol. The second-order valence-electron chi connectivity index (χ2n) is 5.48. The van der Waals surface area contributed by atoms with Crippen molar-refractivity contribution in [3.63, 3.8) is 0 Å². The molecule has 3 rings (SSSR count). The Balaban J connectivity index is 1.60. The summed E-state index contributed by atoms with van der Waals surface area (Å²) in [6.45, 7) is 2.31. The molecule has 1 fully saturated rings. The smallest absolute Gasteiger partial charge is 0.261 e. The zero-order chi connectivity index (χ0) is 12.5. The quantitative estimate of drug-likeness (QED) is 0.893. The summed E-state index contributed by atoms with van der Waals surface area (Å²) in [5.74, 6) is 3.16. The maximum atomic E-state index is 12.2. The van der Waals surface area contributed by atoms with Gasteiger partial charge < -0.3 is 5.32 Å². The molecule has 0 bridgehead atoms. The van der Waals surface area contributed by atoms with Gasteiger partial charge in [-0.25, -0.2) is 0 Å². The molecular formula is C14H19NOS2. The lowest BCUT2D eigenvalue weighted by Gasteiger charge is -2.26. The molecule has 2 nitrogen and oxygen atoms in total. The molecule has 0 aromatic carbocycles. The van der Waals surface area contributed by atoms with Crippen molar-refractivity contribution in [1.82, 2.24) is 5.32 Å². The minimum Gasteiger partial charge on any atom is -0.349 e. The van der Waals surface area contributed by atoms with Gasteiger partial charge in [0.15, 0.2) is 0 Å². The van der Waals surface area contributed by atoms with E-state index in [1.165, 1.54) is 23.3 Å². The maximum Gasteiger partial charge on any atom is 0.261 e. The second-order valence-corrected chi connectivity index (χ2v) is 7.60. The molecule has 0 atom stereocenters. The van der Waals surface area contributed by atoms with Gasteiger partial charge in [0.1, 0.15) is 0 Å². The van der Waals surface area contributed by atoms with E-state index < -0.39 is 0 Å². The zero-order valence-corrected chi connectivity index (χ0v) is 12.3. The summed E-state index contributed by atoms with van der Waals surface area (Å²) >= 11 is 3.63. The van der Waals surface area contributed by atoms with E-state index in [-0.39, 0.29) is 5.91 Å². The molecule has 0 radical (unpaired) electrons. The first-order valence-electron chi connectivity index (χ1n) is 6.72. The highest BCUT2D eigenvalue weighted by atomic mass is 32.2. The van der Waals surface area contributed by atoms with E-state index in [1.54, 1.807) is 11.3 Å². The topological polar surface area (TPSA) is 29.1 Å². The molecule has 1 amide bonds. The van der Waals surface area contributed by atoms with Crippen LogP contribution in [0.15, 0.2) is 6.07 Å². The lowest BCUT2D eigenvalue weighted by atomic mass is 9.87. The molecule has 2 heterocycles. The van der Waals surface area contributed by atoms with E-state index in [0.717, 1.165) is 35.1 Å². The van der Waals surface area contributed by atoms with Crippen LogP contribution in [-0.2, 0) is 11.5 Å². The molecule has 1 aliphatic heterocycles. The third kappa shape index (κ3) is 2.59. The average Bonchev–Trinajstić information content (AvgIpc) is 2.92. The number of rotatable bonds is 2. The third-order valence-electron chi connectivity index (χ3n) is 3.96. The number of fused-ring (bicyclic) bond motifs is 1. The fourth-order valence-electron chi connectivity index (χ4n) is 2.74. The Kier molecular flexibility index (Phi) is 3.66. The van der Waals surface area contributed by atoms with Crippen LogP contribution in [0.5, 0.6) is 0 Å². The van der Waals surface area contributed by atoms with Crippen molar-refractivity contribution in [2.45, 2.75) is 50.2 Å². The minimum atomic E-state index is 0.152. The van der Waals surface area contributed by atoms with Crippen LogP contribution < -0.4 is 5.32 Å². The van der Waals surface area contributed by atoms with Crippen LogP contribution in [0.4, 0.5) is 0 Å². The Bertz CT molecular complexity index is 425. The van der Waals surface area contributed by atoms with Gasteiger partial charge in [-0.2, -0.15) is 11.8 Å². The van der Waals surface area contributed by atoms with Crippen molar-refractivity contribution in [3.8, 4) is 0 Å². The molecule has 1 aromatic rings. The van der Waals surface area contributed by atoms with E-state index in [9.17, 15) is 4.79 Å².